The monoisotopic (exact) mass is 287 g/mol. The van der Waals surface area contributed by atoms with Crippen LogP contribution in [0.5, 0.6) is 0 Å². The molecule has 3 rings (SSSR count). The van der Waals surface area contributed by atoms with E-state index in [-0.39, 0.29) is 0 Å². The third kappa shape index (κ3) is 3.01. The molecule has 1 aliphatic rings. The molecule has 2 aromatic heterocycles. The maximum absolute atomic E-state index is 4.46. The van der Waals surface area contributed by atoms with Gasteiger partial charge in [-0.25, -0.2) is 9.97 Å². The molecule has 20 heavy (non-hydrogen) atoms. The number of anilines is 1. The van der Waals surface area contributed by atoms with Crippen LogP contribution in [0.1, 0.15) is 40.8 Å². The molecule has 0 aliphatic heterocycles. The maximum atomic E-state index is 4.46. The molecule has 1 N–H and O–H groups in total. The van der Waals surface area contributed by atoms with Crippen molar-refractivity contribution in [3.05, 3.63) is 39.5 Å². The van der Waals surface area contributed by atoms with Gasteiger partial charge >= 0.3 is 0 Å². The largest absolute Gasteiger partial charge is 0.367 e. The molecule has 1 aliphatic carbocycles. The fourth-order valence-corrected chi connectivity index (χ4v) is 3.85. The highest BCUT2D eigenvalue weighted by molar-refractivity contribution is 7.11. The first-order valence-corrected chi connectivity index (χ1v) is 8.18. The summed E-state index contributed by atoms with van der Waals surface area (Å²) in [5, 5.41) is 3.58. The molecule has 3 nitrogen and oxygen atoms in total. The molecule has 1 unspecified atom stereocenters. The summed E-state index contributed by atoms with van der Waals surface area (Å²) in [6, 6.07) is 4.82. The summed E-state index contributed by atoms with van der Waals surface area (Å²) in [4.78, 5) is 11.7. The number of thiophene rings is 1. The van der Waals surface area contributed by atoms with Gasteiger partial charge < -0.3 is 5.32 Å². The van der Waals surface area contributed by atoms with Crippen molar-refractivity contribution in [1.29, 1.82) is 0 Å². The van der Waals surface area contributed by atoms with Gasteiger partial charge in [-0.3, -0.25) is 0 Å². The van der Waals surface area contributed by atoms with E-state index in [1.165, 1.54) is 33.9 Å². The lowest BCUT2D eigenvalue weighted by Crippen LogP contribution is -2.21. The standard InChI is InChI=1S/C16H21N3S/c1-11(9-13-8-7-12(2)20-13)19-16-14-5-3-4-6-15(14)17-10-18-16/h7-8,10-11H,3-6,9H2,1-2H3,(H,17,18,19). The van der Waals surface area contributed by atoms with Crippen molar-refractivity contribution in [3.63, 3.8) is 0 Å². The summed E-state index contributed by atoms with van der Waals surface area (Å²) < 4.78 is 0. The Labute approximate surface area is 124 Å². The van der Waals surface area contributed by atoms with E-state index in [0.29, 0.717) is 6.04 Å². The SMILES string of the molecule is Cc1ccc(CC(C)Nc2ncnc3c2CCCC3)s1. The molecule has 0 spiro atoms. The van der Waals surface area contributed by atoms with Gasteiger partial charge in [0.2, 0.25) is 0 Å². The summed E-state index contributed by atoms with van der Waals surface area (Å²) in [5.74, 6) is 1.05. The lowest BCUT2D eigenvalue weighted by molar-refractivity contribution is 0.660. The Kier molecular flexibility index (Phi) is 4.01. The van der Waals surface area contributed by atoms with Crippen molar-refractivity contribution in [3.8, 4) is 0 Å². The van der Waals surface area contributed by atoms with Crippen molar-refractivity contribution in [2.45, 2.75) is 52.0 Å². The minimum absolute atomic E-state index is 0.397. The van der Waals surface area contributed by atoms with Crippen molar-refractivity contribution in [2.75, 3.05) is 5.32 Å². The number of aryl methyl sites for hydroxylation is 2. The van der Waals surface area contributed by atoms with Gasteiger partial charge in [-0.1, -0.05) is 0 Å². The molecule has 0 radical (unpaired) electrons. The molecular weight excluding hydrogens is 266 g/mol. The van der Waals surface area contributed by atoms with E-state index in [1.807, 2.05) is 11.3 Å². The van der Waals surface area contributed by atoms with Crippen LogP contribution in [0.3, 0.4) is 0 Å². The van der Waals surface area contributed by atoms with E-state index in [4.69, 9.17) is 0 Å². The second-order valence-electron chi connectivity index (χ2n) is 5.62. The second kappa shape index (κ2) is 5.92. The van der Waals surface area contributed by atoms with Crippen LogP contribution in [0.4, 0.5) is 5.82 Å². The number of nitrogens with one attached hydrogen (secondary N) is 1. The molecule has 0 aromatic carbocycles. The van der Waals surface area contributed by atoms with Gasteiger partial charge in [0.25, 0.3) is 0 Å². The zero-order valence-corrected chi connectivity index (χ0v) is 13.0. The molecule has 4 heteroatoms. The van der Waals surface area contributed by atoms with Crippen LogP contribution in [0.15, 0.2) is 18.5 Å². The number of fused-ring (bicyclic) bond motifs is 1. The van der Waals surface area contributed by atoms with Crippen LogP contribution in [0.2, 0.25) is 0 Å². The van der Waals surface area contributed by atoms with Crippen molar-refractivity contribution >= 4 is 17.2 Å². The van der Waals surface area contributed by atoms with Crippen LogP contribution in [0.25, 0.3) is 0 Å². The summed E-state index contributed by atoms with van der Waals surface area (Å²) >= 11 is 1.88. The predicted molar refractivity (Wildman–Crippen MR) is 84.5 cm³/mol. The molecule has 106 valence electrons. The van der Waals surface area contributed by atoms with Crippen LogP contribution in [-0.4, -0.2) is 16.0 Å². The fraction of sp³-hybridized carbons (Fsp3) is 0.500. The van der Waals surface area contributed by atoms with Gasteiger partial charge in [0.1, 0.15) is 12.1 Å². The summed E-state index contributed by atoms with van der Waals surface area (Å²) in [6.07, 6.45) is 7.49. The van der Waals surface area contributed by atoms with Crippen LogP contribution in [0, 0.1) is 6.92 Å². The molecule has 0 bridgehead atoms. The van der Waals surface area contributed by atoms with Crippen molar-refractivity contribution in [2.24, 2.45) is 0 Å². The van der Waals surface area contributed by atoms with Crippen molar-refractivity contribution in [1.82, 2.24) is 9.97 Å². The second-order valence-corrected chi connectivity index (χ2v) is 6.99. The number of hydrogen-bond acceptors (Lipinski definition) is 4. The van der Waals surface area contributed by atoms with Gasteiger partial charge in [-0.15, -0.1) is 11.3 Å². The summed E-state index contributed by atoms with van der Waals surface area (Å²) in [5.41, 5.74) is 2.58. The Hall–Kier alpha value is -1.42. The van der Waals surface area contributed by atoms with Crippen LogP contribution < -0.4 is 5.32 Å². The summed E-state index contributed by atoms with van der Waals surface area (Å²) in [6.45, 7) is 4.39. The van der Waals surface area contributed by atoms with E-state index in [2.05, 4.69) is 41.3 Å². The maximum Gasteiger partial charge on any atom is 0.133 e. The quantitative estimate of drug-likeness (QED) is 0.930. The lowest BCUT2D eigenvalue weighted by Gasteiger charge is -2.20. The topological polar surface area (TPSA) is 37.8 Å². The van der Waals surface area contributed by atoms with E-state index >= 15 is 0 Å². The molecule has 0 saturated carbocycles. The average Bonchev–Trinajstić information content (AvgIpc) is 2.84. The molecule has 2 aromatic rings. The minimum atomic E-state index is 0.397. The number of nitrogens with zero attached hydrogens (tertiary/aromatic N) is 2. The molecule has 0 amide bonds. The smallest absolute Gasteiger partial charge is 0.133 e. The first-order valence-electron chi connectivity index (χ1n) is 7.37. The molecule has 0 saturated heterocycles. The highest BCUT2D eigenvalue weighted by Crippen LogP contribution is 2.25. The predicted octanol–water partition coefficient (Wildman–Crippen LogP) is 3.77. The first-order chi connectivity index (χ1) is 9.72. The van der Waals surface area contributed by atoms with E-state index in [0.717, 1.165) is 25.1 Å². The Morgan fingerprint density at radius 2 is 2.10 bits per heavy atom. The Bertz CT molecular complexity index is 591. The van der Waals surface area contributed by atoms with Crippen LogP contribution in [-0.2, 0) is 19.3 Å². The van der Waals surface area contributed by atoms with Crippen molar-refractivity contribution < 1.29 is 0 Å². The number of aromatic nitrogens is 2. The highest BCUT2D eigenvalue weighted by atomic mass is 32.1. The number of hydrogen-bond donors (Lipinski definition) is 1. The van der Waals surface area contributed by atoms with Crippen LogP contribution >= 0.6 is 11.3 Å². The van der Waals surface area contributed by atoms with Gasteiger partial charge in [0.05, 0.1) is 0 Å². The average molecular weight is 287 g/mol. The number of rotatable bonds is 4. The molecule has 0 fully saturated rings. The van der Waals surface area contributed by atoms with Gasteiger partial charge in [0, 0.05) is 33.5 Å². The Morgan fingerprint density at radius 1 is 1.25 bits per heavy atom. The Morgan fingerprint density at radius 3 is 2.90 bits per heavy atom. The molecule has 1 atom stereocenters. The zero-order valence-electron chi connectivity index (χ0n) is 12.1. The first kappa shape index (κ1) is 13.6. The highest BCUT2D eigenvalue weighted by Gasteiger charge is 2.16. The third-order valence-electron chi connectivity index (χ3n) is 3.81. The molecular formula is C16H21N3S. The lowest BCUT2D eigenvalue weighted by atomic mass is 9.96. The van der Waals surface area contributed by atoms with E-state index in [1.54, 1.807) is 6.33 Å². The van der Waals surface area contributed by atoms with E-state index in [9.17, 15) is 0 Å². The summed E-state index contributed by atoms with van der Waals surface area (Å²) in [7, 11) is 0. The normalized spacial score (nSPS) is 15.7. The molecule has 2 heterocycles. The Balaban J connectivity index is 1.71. The van der Waals surface area contributed by atoms with Gasteiger partial charge in [0.15, 0.2) is 0 Å². The van der Waals surface area contributed by atoms with E-state index < -0.39 is 0 Å². The van der Waals surface area contributed by atoms with Gasteiger partial charge in [-0.05, 0) is 51.7 Å². The third-order valence-corrected chi connectivity index (χ3v) is 4.83. The zero-order chi connectivity index (χ0) is 13.9. The minimum Gasteiger partial charge on any atom is -0.367 e. The van der Waals surface area contributed by atoms with Gasteiger partial charge in [-0.2, -0.15) is 0 Å². The fourth-order valence-electron chi connectivity index (χ4n) is 2.83.